The van der Waals surface area contributed by atoms with E-state index in [0.717, 1.165) is 31.2 Å². The van der Waals surface area contributed by atoms with Gasteiger partial charge in [0.1, 0.15) is 0 Å². The van der Waals surface area contributed by atoms with Crippen molar-refractivity contribution in [1.29, 1.82) is 0 Å². The second-order valence-electron chi connectivity index (χ2n) is 5.43. The van der Waals surface area contributed by atoms with Gasteiger partial charge < -0.3 is 10.0 Å². The number of aliphatic hydroxyl groups is 1. The van der Waals surface area contributed by atoms with Gasteiger partial charge in [0.05, 0.1) is 6.10 Å². The minimum absolute atomic E-state index is 0.00810. The van der Waals surface area contributed by atoms with Crippen LogP contribution in [0.2, 0.25) is 0 Å². The third-order valence-corrected chi connectivity index (χ3v) is 4.52. The van der Waals surface area contributed by atoms with Gasteiger partial charge in [-0.2, -0.15) is 0 Å². The van der Waals surface area contributed by atoms with Crippen LogP contribution in [-0.4, -0.2) is 41.6 Å². The minimum Gasteiger partial charge on any atom is -0.393 e. The molecule has 16 heavy (non-hydrogen) atoms. The zero-order chi connectivity index (χ0) is 11.4. The zero-order valence-electron chi connectivity index (χ0n) is 10.1. The summed E-state index contributed by atoms with van der Waals surface area (Å²) in [4.78, 5) is 2.55. The molecule has 0 aromatic heterocycles. The highest BCUT2D eigenvalue weighted by Gasteiger charge is 2.41. The number of alkyl halides is 1. The van der Waals surface area contributed by atoms with Crippen molar-refractivity contribution >= 4 is 11.6 Å². The zero-order valence-corrected chi connectivity index (χ0v) is 10.8. The molecular weight excluding hydrogens is 222 g/mol. The van der Waals surface area contributed by atoms with Crippen LogP contribution < -0.4 is 0 Å². The summed E-state index contributed by atoms with van der Waals surface area (Å²) in [7, 11) is 0. The van der Waals surface area contributed by atoms with E-state index in [2.05, 4.69) is 4.90 Å². The van der Waals surface area contributed by atoms with Crippen LogP contribution in [0.4, 0.5) is 0 Å². The summed E-state index contributed by atoms with van der Waals surface area (Å²) >= 11 is 5.65. The van der Waals surface area contributed by atoms with E-state index in [1.54, 1.807) is 0 Å². The third kappa shape index (κ3) is 3.12. The molecule has 1 N–H and O–H groups in total. The van der Waals surface area contributed by atoms with Gasteiger partial charge in [0.2, 0.25) is 0 Å². The molecule has 1 heterocycles. The molecule has 0 aromatic carbocycles. The van der Waals surface area contributed by atoms with Crippen molar-refractivity contribution in [3.63, 3.8) is 0 Å². The molecule has 2 fully saturated rings. The fourth-order valence-corrected chi connectivity index (χ4v) is 3.48. The van der Waals surface area contributed by atoms with Crippen molar-refractivity contribution in [2.75, 3.05) is 25.5 Å². The Morgan fingerprint density at radius 3 is 2.62 bits per heavy atom. The van der Waals surface area contributed by atoms with Crippen molar-refractivity contribution in [2.24, 2.45) is 11.8 Å². The molecule has 1 aliphatic carbocycles. The van der Waals surface area contributed by atoms with E-state index in [0.29, 0.717) is 5.92 Å². The van der Waals surface area contributed by atoms with Crippen molar-refractivity contribution in [3.05, 3.63) is 0 Å². The van der Waals surface area contributed by atoms with E-state index in [1.165, 1.54) is 38.8 Å². The Morgan fingerprint density at radius 2 is 1.88 bits per heavy atom. The van der Waals surface area contributed by atoms with Gasteiger partial charge >= 0.3 is 0 Å². The van der Waals surface area contributed by atoms with Gasteiger partial charge in [-0.25, -0.2) is 0 Å². The van der Waals surface area contributed by atoms with Crippen molar-refractivity contribution in [1.82, 2.24) is 4.90 Å². The van der Waals surface area contributed by atoms with E-state index in [9.17, 15) is 5.11 Å². The number of aliphatic hydroxyl groups excluding tert-OH is 1. The van der Waals surface area contributed by atoms with Crippen LogP contribution in [0.1, 0.15) is 38.5 Å². The lowest BCUT2D eigenvalue weighted by molar-refractivity contribution is 0.124. The van der Waals surface area contributed by atoms with Gasteiger partial charge in [-0.05, 0) is 38.1 Å². The number of nitrogens with zero attached hydrogens (tertiary/aromatic N) is 1. The lowest BCUT2D eigenvalue weighted by Gasteiger charge is -2.17. The van der Waals surface area contributed by atoms with E-state index in [4.69, 9.17) is 11.6 Å². The summed E-state index contributed by atoms with van der Waals surface area (Å²) < 4.78 is 0. The maximum absolute atomic E-state index is 9.82. The molecule has 3 atom stereocenters. The summed E-state index contributed by atoms with van der Waals surface area (Å²) in [6.45, 7) is 3.60. The van der Waals surface area contributed by atoms with Crippen LogP contribution in [0.3, 0.4) is 0 Å². The van der Waals surface area contributed by atoms with Gasteiger partial charge in [-0.1, -0.05) is 12.8 Å². The van der Waals surface area contributed by atoms with Gasteiger partial charge in [0, 0.05) is 24.9 Å². The predicted octanol–water partition coefficient (Wildman–Crippen LogP) is 2.49. The number of fused-ring (bicyclic) bond motifs is 1. The standard InChI is InChI=1S/C13H24ClNO/c14-7-3-1-2-4-8-15-9-11-5-6-13(16)12(11)10-15/h11-13,16H,1-10H2. The number of likely N-dealkylation sites (tertiary alicyclic amines) is 1. The second-order valence-corrected chi connectivity index (χ2v) is 5.81. The summed E-state index contributed by atoms with van der Waals surface area (Å²) in [5, 5.41) is 9.82. The topological polar surface area (TPSA) is 23.5 Å². The van der Waals surface area contributed by atoms with Gasteiger partial charge in [-0.15, -0.1) is 11.6 Å². The van der Waals surface area contributed by atoms with E-state index < -0.39 is 0 Å². The first-order valence-corrected chi connectivity index (χ1v) is 7.31. The maximum atomic E-state index is 9.82. The fraction of sp³-hybridized carbons (Fsp3) is 1.00. The summed E-state index contributed by atoms with van der Waals surface area (Å²) in [5.41, 5.74) is 0. The second kappa shape index (κ2) is 6.23. The van der Waals surface area contributed by atoms with E-state index in [-0.39, 0.29) is 6.10 Å². The number of hydrogen-bond donors (Lipinski definition) is 1. The molecular formula is C13H24ClNO. The fourth-order valence-electron chi connectivity index (χ4n) is 3.29. The molecule has 0 amide bonds. The molecule has 3 heteroatoms. The number of rotatable bonds is 6. The van der Waals surface area contributed by atoms with Crippen LogP contribution >= 0.6 is 11.6 Å². The molecule has 1 aliphatic heterocycles. The van der Waals surface area contributed by atoms with Crippen LogP contribution in [0.15, 0.2) is 0 Å². The predicted molar refractivity (Wildman–Crippen MR) is 67.8 cm³/mol. The van der Waals surface area contributed by atoms with Gasteiger partial charge in [-0.3, -0.25) is 0 Å². The van der Waals surface area contributed by atoms with Gasteiger partial charge in [0.15, 0.2) is 0 Å². The van der Waals surface area contributed by atoms with Crippen LogP contribution in [-0.2, 0) is 0 Å². The first-order chi connectivity index (χ1) is 7.81. The average Bonchev–Trinajstić information content (AvgIpc) is 2.81. The average molecular weight is 246 g/mol. The Hall–Kier alpha value is 0.210. The first-order valence-electron chi connectivity index (χ1n) is 6.77. The highest BCUT2D eigenvalue weighted by atomic mass is 35.5. The number of unbranched alkanes of at least 4 members (excludes halogenated alkanes) is 3. The first kappa shape index (κ1) is 12.7. The molecule has 0 spiro atoms. The molecule has 2 nitrogen and oxygen atoms in total. The van der Waals surface area contributed by atoms with Crippen molar-refractivity contribution < 1.29 is 5.11 Å². The summed E-state index contributed by atoms with van der Waals surface area (Å²) in [6.07, 6.45) is 7.31. The van der Waals surface area contributed by atoms with Crippen molar-refractivity contribution in [3.8, 4) is 0 Å². The Balaban J connectivity index is 1.59. The molecule has 0 aromatic rings. The smallest absolute Gasteiger partial charge is 0.0583 e. The molecule has 94 valence electrons. The van der Waals surface area contributed by atoms with E-state index >= 15 is 0 Å². The SMILES string of the molecule is OC1CCC2CN(CCCCCCCl)CC12. The Kier molecular flexibility index (Phi) is 4.93. The molecule has 3 unspecified atom stereocenters. The molecule has 0 bridgehead atoms. The maximum Gasteiger partial charge on any atom is 0.0583 e. The highest BCUT2D eigenvalue weighted by molar-refractivity contribution is 6.17. The van der Waals surface area contributed by atoms with Crippen LogP contribution in [0.25, 0.3) is 0 Å². The largest absolute Gasteiger partial charge is 0.393 e. The lowest BCUT2D eigenvalue weighted by Crippen LogP contribution is -2.25. The van der Waals surface area contributed by atoms with Crippen molar-refractivity contribution in [2.45, 2.75) is 44.6 Å². The molecule has 2 rings (SSSR count). The molecule has 0 radical (unpaired) electrons. The summed E-state index contributed by atoms with van der Waals surface area (Å²) in [6, 6.07) is 0. The summed E-state index contributed by atoms with van der Waals surface area (Å²) in [5.74, 6) is 2.18. The molecule has 1 saturated heterocycles. The normalized spacial score (nSPS) is 34.5. The monoisotopic (exact) mass is 245 g/mol. The number of halogens is 1. The quantitative estimate of drug-likeness (QED) is 0.574. The van der Waals surface area contributed by atoms with Gasteiger partial charge in [0.25, 0.3) is 0 Å². The van der Waals surface area contributed by atoms with E-state index in [1.807, 2.05) is 0 Å². The number of hydrogen-bond acceptors (Lipinski definition) is 2. The highest BCUT2D eigenvalue weighted by Crippen LogP contribution is 2.37. The Labute approximate surface area is 104 Å². The third-order valence-electron chi connectivity index (χ3n) is 4.25. The Bertz CT molecular complexity index is 212. The molecule has 1 saturated carbocycles. The Morgan fingerprint density at radius 1 is 1.06 bits per heavy atom. The van der Waals surface area contributed by atoms with Crippen LogP contribution in [0.5, 0.6) is 0 Å². The lowest BCUT2D eigenvalue weighted by atomic mass is 10.00. The molecule has 2 aliphatic rings. The van der Waals surface area contributed by atoms with Crippen LogP contribution in [0, 0.1) is 11.8 Å². The minimum atomic E-state index is -0.00810.